The maximum absolute atomic E-state index is 13.6. The molecule has 4 fully saturated rings. The van der Waals surface area contributed by atoms with E-state index in [0.29, 0.717) is 0 Å². The van der Waals surface area contributed by atoms with E-state index in [0.717, 1.165) is 27.8 Å². The van der Waals surface area contributed by atoms with Gasteiger partial charge in [0.05, 0.1) is 69.6 Å². The van der Waals surface area contributed by atoms with Crippen LogP contribution in [-0.4, -0.2) is 142 Å². The summed E-state index contributed by atoms with van der Waals surface area (Å²) in [6.45, 7) is 12.5. The molecule has 0 N–H and O–H groups in total. The van der Waals surface area contributed by atoms with Gasteiger partial charge in [-0.25, -0.2) is 0 Å². The number of benzene rings is 5. The first-order valence-corrected chi connectivity index (χ1v) is 29.1. The molecule has 4 aliphatic heterocycles. The Bertz CT molecular complexity index is 2860. The van der Waals surface area contributed by atoms with Crippen LogP contribution in [0.15, 0.2) is 157 Å². The van der Waals surface area contributed by atoms with E-state index in [1.165, 1.54) is 21.0 Å². The molecule has 5 aromatic rings. The molecule has 0 radical (unpaired) electrons. The Balaban J connectivity index is 1.08. The topological polar surface area (TPSA) is 221 Å². The Morgan fingerprint density at radius 1 is 0.388 bits per heavy atom. The van der Waals surface area contributed by atoms with E-state index < -0.39 is 135 Å². The van der Waals surface area contributed by atoms with Crippen LogP contribution in [0.25, 0.3) is 10.4 Å². The number of esters is 2. The minimum absolute atomic E-state index is 0.0923. The fraction of sp³-hybridized carbons (Fsp3) is 0.508. The number of ether oxygens (including phenoxy) is 15. The fourth-order valence-corrected chi connectivity index (χ4v) is 11.4. The minimum Gasteiger partial charge on any atom is -0.454 e. The third kappa shape index (κ3) is 16.7. The zero-order valence-corrected chi connectivity index (χ0v) is 49.3. The monoisotopic (exact) mass is 1170 g/mol. The average Bonchev–Trinajstić information content (AvgIpc) is 2.39. The van der Waals surface area contributed by atoms with Crippen LogP contribution in [0.1, 0.15) is 76.3 Å². The predicted molar refractivity (Wildman–Crippen MR) is 308 cm³/mol. The summed E-state index contributed by atoms with van der Waals surface area (Å²) in [7, 11) is 1.48. The van der Waals surface area contributed by atoms with Gasteiger partial charge in [-0.1, -0.05) is 157 Å². The molecule has 4 aliphatic rings. The zero-order chi connectivity index (χ0) is 59.8. The van der Waals surface area contributed by atoms with Gasteiger partial charge in [-0.05, 0) is 68.0 Å². The molecule has 0 aliphatic carbocycles. The number of azide groups is 1. The molecular weight excluding hydrogens is 1090 g/mol. The predicted octanol–water partition coefficient (Wildman–Crippen LogP) is 9.67. The molecular formula is C65H79N3O17. The van der Waals surface area contributed by atoms with E-state index in [1.807, 2.05) is 172 Å². The molecule has 5 aromatic carbocycles. The van der Waals surface area contributed by atoms with E-state index in [9.17, 15) is 15.1 Å². The first-order chi connectivity index (χ1) is 41.3. The third-order valence-electron chi connectivity index (χ3n) is 15.6. The number of hydrogen-bond acceptors (Lipinski definition) is 18. The van der Waals surface area contributed by atoms with Gasteiger partial charge in [-0.2, -0.15) is 0 Å². The molecule has 0 saturated carbocycles. The molecule has 4 saturated heterocycles. The van der Waals surface area contributed by atoms with Crippen molar-refractivity contribution in [2.24, 2.45) is 5.11 Å². The van der Waals surface area contributed by atoms with Gasteiger partial charge >= 0.3 is 11.9 Å². The third-order valence-corrected chi connectivity index (χ3v) is 15.6. The Morgan fingerprint density at radius 2 is 0.682 bits per heavy atom. The molecule has 0 spiro atoms. The lowest BCUT2D eigenvalue weighted by atomic mass is 9.94. The van der Waals surface area contributed by atoms with Crippen LogP contribution in [0.4, 0.5) is 0 Å². The summed E-state index contributed by atoms with van der Waals surface area (Å²) in [4.78, 5) is 30.4. The normalized spacial score (nSPS) is 33.0. The first kappa shape index (κ1) is 63.3. The van der Waals surface area contributed by atoms with Crippen LogP contribution in [0.2, 0.25) is 0 Å². The zero-order valence-electron chi connectivity index (χ0n) is 49.3. The highest BCUT2D eigenvalue weighted by atomic mass is 16.8. The summed E-state index contributed by atoms with van der Waals surface area (Å²) >= 11 is 0. The molecule has 0 bridgehead atoms. The average molecular weight is 1170 g/mol. The van der Waals surface area contributed by atoms with Gasteiger partial charge in [0.1, 0.15) is 54.9 Å². The second-order valence-electron chi connectivity index (χ2n) is 21.8. The van der Waals surface area contributed by atoms with Gasteiger partial charge in [0.15, 0.2) is 31.1 Å². The highest BCUT2D eigenvalue weighted by molar-refractivity contribution is 5.66. The number of nitrogens with zero attached hydrogens (tertiary/aromatic N) is 3. The van der Waals surface area contributed by atoms with Gasteiger partial charge in [0.25, 0.3) is 0 Å². The molecule has 20 nitrogen and oxygen atoms in total. The lowest BCUT2D eigenvalue weighted by Crippen LogP contribution is -2.68. The minimum atomic E-state index is -1.49. The van der Waals surface area contributed by atoms with Gasteiger partial charge < -0.3 is 71.1 Å². The van der Waals surface area contributed by atoms with Crippen molar-refractivity contribution in [3.05, 3.63) is 190 Å². The van der Waals surface area contributed by atoms with Crippen molar-refractivity contribution in [3.63, 3.8) is 0 Å². The lowest BCUT2D eigenvalue weighted by Gasteiger charge is -2.51. The number of hydrogen-bond donors (Lipinski definition) is 0. The van der Waals surface area contributed by atoms with Gasteiger partial charge in [0.2, 0.25) is 0 Å². The van der Waals surface area contributed by atoms with Crippen molar-refractivity contribution < 1.29 is 80.6 Å². The molecule has 0 aromatic heterocycles. The summed E-state index contributed by atoms with van der Waals surface area (Å²) in [5.74, 6) is -1.39. The molecule has 9 rings (SSSR count). The summed E-state index contributed by atoms with van der Waals surface area (Å²) in [5, 5.41) is 4.11. The van der Waals surface area contributed by atoms with Crippen molar-refractivity contribution in [1.82, 2.24) is 0 Å². The van der Waals surface area contributed by atoms with E-state index in [2.05, 4.69) is 10.0 Å². The Morgan fingerprint density at radius 3 is 1.04 bits per heavy atom. The largest absolute Gasteiger partial charge is 0.454 e. The van der Waals surface area contributed by atoms with Crippen LogP contribution in [-0.2, 0) is 114 Å². The van der Waals surface area contributed by atoms with E-state index in [-0.39, 0.29) is 33.0 Å². The molecule has 85 heavy (non-hydrogen) atoms. The molecule has 20 heteroatoms. The van der Waals surface area contributed by atoms with Crippen molar-refractivity contribution in [2.75, 3.05) is 7.11 Å². The Labute approximate surface area is 497 Å². The van der Waals surface area contributed by atoms with E-state index in [1.54, 1.807) is 13.8 Å². The fourth-order valence-electron chi connectivity index (χ4n) is 11.4. The van der Waals surface area contributed by atoms with Crippen molar-refractivity contribution in [2.45, 2.75) is 204 Å². The van der Waals surface area contributed by atoms with Gasteiger partial charge in [0, 0.05) is 25.9 Å². The lowest BCUT2D eigenvalue weighted by molar-refractivity contribution is -0.386. The molecule has 456 valence electrons. The summed E-state index contributed by atoms with van der Waals surface area (Å²) in [6, 6.07) is 47.4. The number of methoxy groups -OCH3 is 1. The second kappa shape index (κ2) is 31.0. The van der Waals surface area contributed by atoms with Crippen LogP contribution in [0.3, 0.4) is 0 Å². The van der Waals surface area contributed by atoms with Crippen LogP contribution >= 0.6 is 0 Å². The van der Waals surface area contributed by atoms with E-state index in [4.69, 9.17) is 71.1 Å². The Kier molecular flexibility index (Phi) is 23.1. The second-order valence-corrected chi connectivity index (χ2v) is 21.8. The standard InChI is InChI=1S/C65H79N3O17/c1-39-51(67-68-66)56(75-37-49-30-20-12-21-31-49)60(71-8)63(78-39)84-58-53(73-35-47-26-16-10-17-27-47)42(4)80-65(62(58)82-45(7)70)85-59-54(74-36-48-28-18-11-19-29-48)41(3)79-64(61(59)81-44(6)69)83-55-43(5)77-40(2)52(72-34-46-24-14-9-15-25-46)57(55)76-38-50-32-22-13-23-33-50/h9-33,39-43,51-65H,34-38H2,1-8H3/t39?,40?,41?,42?,43-,51-,52-,53-,54-,55?,56-,57+,58+,59+,60?,61?,62?,63-,64-,65-/m0/s1. The summed E-state index contributed by atoms with van der Waals surface area (Å²) in [5.41, 5.74) is 14.2. The molecule has 4 heterocycles. The van der Waals surface area contributed by atoms with Crippen LogP contribution in [0.5, 0.6) is 0 Å². The van der Waals surface area contributed by atoms with Crippen molar-refractivity contribution in [1.29, 1.82) is 0 Å². The van der Waals surface area contributed by atoms with Crippen LogP contribution in [0, 0.1) is 0 Å². The number of rotatable bonds is 25. The number of carbonyl (C=O) groups is 2. The number of carbonyl (C=O) groups excluding carboxylic acids is 2. The van der Waals surface area contributed by atoms with Crippen LogP contribution < -0.4 is 0 Å². The van der Waals surface area contributed by atoms with Gasteiger partial charge in [-0.3, -0.25) is 9.59 Å². The van der Waals surface area contributed by atoms with E-state index >= 15 is 0 Å². The summed E-state index contributed by atoms with van der Waals surface area (Å²) < 4.78 is 101. The molecule has 20 atom stereocenters. The van der Waals surface area contributed by atoms with Crippen molar-refractivity contribution in [3.8, 4) is 0 Å². The SMILES string of the molecule is COC1[C@H](O[C@H]2C(OC(C)=O)[C@H](O[C@H]3C(OC(C)=O)[C@H](OC4[C@H](C)OC(C)[C@H](OCc5ccccc5)[C@H]4OCc4ccccc4)OC(C)[C@@H]3OCc3ccccc3)OC(C)[C@@H]2OCc2ccccc2)OC(C)[C@H](N=[N+]=[N-])[C@@H]1OCc1ccccc1. The quantitative estimate of drug-likeness (QED) is 0.0230. The maximum atomic E-state index is 13.6. The molecule has 8 unspecified atom stereocenters. The molecule has 0 amide bonds. The van der Waals surface area contributed by atoms with Gasteiger partial charge in [-0.15, -0.1) is 0 Å². The maximum Gasteiger partial charge on any atom is 0.303 e. The summed E-state index contributed by atoms with van der Waals surface area (Å²) in [6.07, 6.45) is -19.1. The highest BCUT2D eigenvalue weighted by Crippen LogP contribution is 2.40. The van der Waals surface area contributed by atoms with Crippen molar-refractivity contribution >= 4 is 11.9 Å². The smallest absolute Gasteiger partial charge is 0.303 e. The highest BCUT2D eigenvalue weighted by Gasteiger charge is 2.58. The first-order valence-electron chi connectivity index (χ1n) is 29.1. The Hall–Kier alpha value is -6.17.